The van der Waals surface area contributed by atoms with Crippen LogP contribution in [0.15, 0.2) is 30.3 Å². The van der Waals surface area contributed by atoms with Crippen LogP contribution in [0.25, 0.3) is 0 Å². The predicted molar refractivity (Wildman–Crippen MR) is 64.2 cm³/mol. The fraction of sp³-hybridized carbons (Fsp3) is 0.462. The molecule has 94 valence electrons. The molecule has 3 nitrogen and oxygen atoms in total. The molecule has 4 heteroatoms. The second-order valence-electron chi connectivity index (χ2n) is 5.04. The second kappa shape index (κ2) is 5.82. The van der Waals surface area contributed by atoms with Crippen LogP contribution in [0.2, 0.25) is 0 Å². The van der Waals surface area contributed by atoms with Crippen molar-refractivity contribution in [3.8, 4) is 0 Å². The van der Waals surface area contributed by atoms with Gasteiger partial charge in [0.05, 0.1) is 40.3 Å². The molecule has 1 aromatic carbocycles. The minimum absolute atomic E-state index is 0. The van der Waals surface area contributed by atoms with Gasteiger partial charge in [-0.3, -0.25) is 4.79 Å². The number of piperazine rings is 1. The molecule has 1 aliphatic heterocycles. The van der Waals surface area contributed by atoms with Crippen molar-refractivity contribution in [2.75, 3.05) is 40.3 Å². The molecule has 0 spiro atoms. The van der Waals surface area contributed by atoms with Crippen LogP contribution in [0.3, 0.4) is 0 Å². The van der Waals surface area contributed by atoms with Crippen molar-refractivity contribution in [1.82, 2.24) is 4.90 Å². The molecule has 1 aromatic rings. The zero-order chi connectivity index (χ0) is 11.6. The summed E-state index contributed by atoms with van der Waals surface area (Å²) in [7, 11) is 4.43. The van der Waals surface area contributed by atoms with Gasteiger partial charge in [0.25, 0.3) is 5.91 Å². The monoisotopic (exact) mass is 346 g/mol. The van der Waals surface area contributed by atoms with E-state index < -0.39 is 0 Å². The highest BCUT2D eigenvalue weighted by molar-refractivity contribution is 5.94. The maximum Gasteiger partial charge on any atom is 0.254 e. The highest BCUT2D eigenvalue weighted by Gasteiger charge is 2.27. The Morgan fingerprint density at radius 1 is 1.12 bits per heavy atom. The van der Waals surface area contributed by atoms with Crippen LogP contribution in [-0.4, -0.2) is 55.6 Å². The molecule has 0 aromatic heterocycles. The number of hydrogen-bond donors (Lipinski definition) is 0. The molecule has 1 fully saturated rings. The molecular weight excluding hydrogens is 327 g/mol. The van der Waals surface area contributed by atoms with E-state index >= 15 is 0 Å². The third-order valence-corrected chi connectivity index (χ3v) is 3.26. The summed E-state index contributed by atoms with van der Waals surface area (Å²) >= 11 is 0. The molecule has 0 atom stereocenters. The van der Waals surface area contributed by atoms with E-state index in [1.807, 2.05) is 35.2 Å². The number of nitrogens with zero attached hydrogens (tertiary/aromatic N) is 2. The third kappa shape index (κ3) is 3.67. The lowest BCUT2D eigenvalue weighted by Crippen LogP contribution is -3.00. The molecule has 0 radical (unpaired) electrons. The Morgan fingerprint density at radius 2 is 1.65 bits per heavy atom. The first-order chi connectivity index (χ1) is 7.58. The smallest absolute Gasteiger partial charge is 0.254 e. The molecule has 0 aliphatic carbocycles. The standard InChI is InChI=1S/C13H19N2O.HI/c1-15(2)10-8-14(9-11-15)13(16)12-6-4-3-5-7-12;/h3-7H,8-11H2,1-2H3;1H/q+1;/p-1. The highest BCUT2D eigenvalue weighted by atomic mass is 127. The molecule has 1 amide bonds. The molecule has 1 aliphatic rings. The Kier molecular flexibility index (Phi) is 4.94. The molecule has 1 heterocycles. The van der Waals surface area contributed by atoms with Crippen LogP contribution in [0.4, 0.5) is 0 Å². The van der Waals surface area contributed by atoms with Crippen LogP contribution in [0.5, 0.6) is 0 Å². The number of benzene rings is 1. The first-order valence-electron chi connectivity index (χ1n) is 5.75. The van der Waals surface area contributed by atoms with E-state index in [-0.39, 0.29) is 29.9 Å². The number of rotatable bonds is 1. The maximum absolute atomic E-state index is 12.1. The summed E-state index contributed by atoms with van der Waals surface area (Å²) in [6.07, 6.45) is 0. The van der Waals surface area contributed by atoms with Crippen molar-refractivity contribution in [2.45, 2.75) is 0 Å². The summed E-state index contributed by atoms with van der Waals surface area (Å²) in [6.45, 7) is 3.80. The van der Waals surface area contributed by atoms with Gasteiger partial charge in [-0.2, -0.15) is 0 Å². The highest BCUT2D eigenvalue weighted by Crippen LogP contribution is 2.10. The Balaban J connectivity index is 0.00000144. The van der Waals surface area contributed by atoms with E-state index in [9.17, 15) is 4.79 Å². The van der Waals surface area contributed by atoms with E-state index in [0.717, 1.165) is 36.2 Å². The SMILES string of the molecule is C[N+]1(C)CCN(C(=O)c2ccccc2)CC1.[I-]. The van der Waals surface area contributed by atoms with Gasteiger partial charge >= 0.3 is 0 Å². The second-order valence-corrected chi connectivity index (χ2v) is 5.04. The van der Waals surface area contributed by atoms with Gasteiger partial charge in [0.15, 0.2) is 0 Å². The molecule has 0 unspecified atom stereocenters. The van der Waals surface area contributed by atoms with Crippen molar-refractivity contribution in [2.24, 2.45) is 0 Å². The fourth-order valence-electron chi connectivity index (χ4n) is 1.97. The lowest BCUT2D eigenvalue weighted by molar-refractivity contribution is -0.894. The minimum Gasteiger partial charge on any atom is -1.00 e. The quantitative estimate of drug-likeness (QED) is 0.435. The fourth-order valence-corrected chi connectivity index (χ4v) is 1.97. The zero-order valence-corrected chi connectivity index (χ0v) is 12.6. The van der Waals surface area contributed by atoms with Crippen molar-refractivity contribution < 1.29 is 33.3 Å². The molecule has 0 saturated carbocycles. The van der Waals surface area contributed by atoms with Crippen LogP contribution in [-0.2, 0) is 0 Å². The van der Waals surface area contributed by atoms with E-state index in [1.54, 1.807) is 0 Å². The first kappa shape index (κ1) is 14.4. The molecule has 2 rings (SSSR count). The number of hydrogen-bond acceptors (Lipinski definition) is 1. The number of quaternary nitrogens is 1. The first-order valence-corrected chi connectivity index (χ1v) is 5.75. The molecule has 0 N–H and O–H groups in total. The van der Waals surface area contributed by atoms with Crippen LogP contribution in [0.1, 0.15) is 10.4 Å². The molecule has 0 bridgehead atoms. The Hall–Kier alpha value is -0.620. The van der Waals surface area contributed by atoms with Crippen LogP contribution < -0.4 is 24.0 Å². The van der Waals surface area contributed by atoms with Crippen LogP contribution >= 0.6 is 0 Å². The largest absolute Gasteiger partial charge is 1.00 e. The van der Waals surface area contributed by atoms with Gasteiger partial charge in [-0.05, 0) is 12.1 Å². The lowest BCUT2D eigenvalue weighted by atomic mass is 10.2. The van der Waals surface area contributed by atoms with Crippen molar-refractivity contribution in [1.29, 1.82) is 0 Å². The average Bonchev–Trinajstić information content (AvgIpc) is 2.29. The number of carbonyl (C=O) groups is 1. The van der Waals surface area contributed by atoms with Crippen molar-refractivity contribution in [3.63, 3.8) is 0 Å². The summed E-state index contributed by atoms with van der Waals surface area (Å²) in [5, 5.41) is 0. The van der Waals surface area contributed by atoms with Gasteiger partial charge < -0.3 is 33.4 Å². The van der Waals surface area contributed by atoms with Gasteiger partial charge in [-0.1, -0.05) is 18.2 Å². The van der Waals surface area contributed by atoms with Crippen molar-refractivity contribution in [3.05, 3.63) is 35.9 Å². The van der Waals surface area contributed by atoms with Gasteiger partial charge in [0.2, 0.25) is 0 Å². The zero-order valence-electron chi connectivity index (χ0n) is 10.4. The normalized spacial score (nSPS) is 18.4. The molecular formula is C13H19IN2O. The number of carbonyl (C=O) groups excluding carboxylic acids is 1. The predicted octanol–water partition coefficient (Wildman–Crippen LogP) is -1.78. The van der Waals surface area contributed by atoms with E-state index in [0.29, 0.717) is 0 Å². The van der Waals surface area contributed by atoms with E-state index in [1.165, 1.54) is 0 Å². The molecule has 17 heavy (non-hydrogen) atoms. The third-order valence-electron chi connectivity index (χ3n) is 3.26. The van der Waals surface area contributed by atoms with Gasteiger partial charge in [-0.25, -0.2) is 0 Å². The lowest BCUT2D eigenvalue weighted by Gasteiger charge is -2.39. The van der Waals surface area contributed by atoms with E-state index in [4.69, 9.17) is 0 Å². The number of amides is 1. The summed E-state index contributed by atoms with van der Waals surface area (Å²) < 4.78 is 1.01. The Morgan fingerprint density at radius 3 is 2.18 bits per heavy atom. The summed E-state index contributed by atoms with van der Waals surface area (Å²) in [4.78, 5) is 14.1. The average molecular weight is 346 g/mol. The summed E-state index contributed by atoms with van der Waals surface area (Å²) in [5.41, 5.74) is 0.801. The van der Waals surface area contributed by atoms with Crippen LogP contribution in [0, 0.1) is 0 Å². The summed E-state index contributed by atoms with van der Waals surface area (Å²) in [6, 6.07) is 9.54. The minimum atomic E-state index is 0. The summed E-state index contributed by atoms with van der Waals surface area (Å²) in [5.74, 6) is 0.167. The van der Waals surface area contributed by atoms with E-state index in [2.05, 4.69) is 14.1 Å². The number of likely N-dealkylation sites (N-methyl/N-ethyl adjacent to an activating group) is 1. The topological polar surface area (TPSA) is 20.3 Å². The Bertz CT molecular complexity index is 368. The molecule has 1 saturated heterocycles. The maximum atomic E-state index is 12.1. The van der Waals surface area contributed by atoms with Crippen molar-refractivity contribution >= 4 is 5.91 Å². The van der Waals surface area contributed by atoms with Gasteiger partial charge in [0, 0.05) is 5.56 Å². The Labute approximate surface area is 120 Å². The number of halogens is 1. The van der Waals surface area contributed by atoms with Gasteiger partial charge in [0.1, 0.15) is 0 Å². The van der Waals surface area contributed by atoms with Gasteiger partial charge in [-0.15, -0.1) is 0 Å².